The van der Waals surface area contributed by atoms with Gasteiger partial charge in [-0.25, -0.2) is 23.0 Å². The molecule has 1 heterocycles. The third-order valence-corrected chi connectivity index (χ3v) is 2.82. The zero-order chi connectivity index (χ0) is 12.6. The van der Waals surface area contributed by atoms with Crippen molar-refractivity contribution in [1.82, 2.24) is 15.2 Å². The first-order valence-electron chi connectivity index (χ1n) is 4.59. The maximum Gasteiger partial charge on any atom is 0.273 e. The summed E-state index contributed by atoms with van der Waals surface area (Å²) in [5, 5.41) is 10.1. The molecule has 0 saturated carbocycles. The lowest BCUT2D eigenvalue weighted by atomic mass is 10.1. The first-order valence-corrected chi connectivity index (χ1v) is 6.14. The van der Waals surface area contributed by atoms with Crippen LogP contribution in [0.25, 0.3) is 11.4 Å². The van der Waals surface area contributed by atoms with Crippen LogP contribution in [-0.2, 0) is 10.0 Å². The van der Waals surface area contributed by atoms with Crippen molar-refractivity contribution in [2.24, 2.45) is 5.14 Å². The Labute approximate surface area is 96.7 Å². The molecule has 0 fully saturated rings. The van der Waals surface area contributed by atoms with Gasteiger partial charge in [0, 0.05) is 0 Å². The van der Waals surface area contributed by atoms with Crippen LogP contribution in [0.4, 0.5) is 4.39 Å². The predicted octanol–water partition coefficient (Wildman–Crippen LogP) is 0.567. The molecule has 90 valence electrons. The SMILES string of the molecule is Cc1ccc(-c2n[nH]c(S(N)(=O)=O)n2)c(F)c1. The zero-order valence-electron chi connectivity index (χ0n) is 8.81. The fourth-order valence-corrected chi connectivity index (χ4v) is 1.68. The highest BCUT2D eigenvalue weighted by molar-refractivity contribution is 7.89. The number of aromatic amines is 1. The summed E-state index contributed by atoms with van der Waals surface area (Å²) >= 11 is 0. The normalized spacial score (nSPS) is 11.7. The minimum atomic E-state index is -3.96. The summed E-state index contributed by atoms with van der Waals surface area (Å²) in [7, 11) is -3.96. The molecule has 17 heavy (non-hydrogen) atoms. The Kier molecular flexibility index (Phi) is 2.68. The summed E-state index contributed by atoms with van der Waals surface area (Å²) in [6.07, 6.45) is 0. The molecule has 1 aromatic carbocycles. The van der Waals surface area contributed by atoms with E-state index in [1.807, 2.05) is 0 Å². The van der Waals surface area contributed by atoms with E-state index in [-0.39, 0.29) is 11.4 Å². The topological polar surface area (TPSA) is 102 Å². The lowest BCUT2D eigenvalue weighted by Crippen LogP contribution is -2.13. The highest BCUT2D eigenvalue weighted by Gasteiger charge is 2.16. The number of hydrogen-bond acceptors (Lipinski definition) is 4. The molecule has 0 spiro atoms. The van der Waals surface area contributed by atoms with E-state index in [4.69, 9.17) is 5.14 Å². The van der Waals surface area contributed by atoms with Gasteiger partial charge in [-0.2, -0.15) is 10.1 Å². The number of H-pyrrole nitrogens is 1. The van der Waals surface area contributed by atoms with E-state index in [9.17, 15) is 12.8 Å². The van der Waals surface area contributed by atoms with Crippen LogP contribution in [-0.4, -0.2) is 23.6 Å². The number of nitrogens with zero attached hydrogens (tertiary/aromatic N) is 2. The van der Waals surface area contributed by atoms with Crippen LogP contribution < -0.4 is 5.14 Å². The van der Waals surface area contributed by atoms with Gasteiger partial charge in [-0.1, -0.05) is 6.07 Å². The van der Waals surface area contributed by atoms with E-state index in [0.29, 0.717) is 0 Å². The van der Waals surface area contributed by atoms with E-state index < -0.39 is 21.0 Å². The molecule has 0 aliphatic rings. The maximum atomic E-state index is 13.6. The molecular formula is C9H9FN4O2S. The number of halogens is 1. The summed E-state index contributed by atoms with van der Waals surface area (Å²) in [6, 6.07) is 4.45. The van der Waals surface area contributed by atoms with Gasteiger partial charge >= 0.3 is 0 Å². The second-order valence-corrected chi connectivity index (χ2v) is 4.97. The summed E-state index contributed by atoms with van der Waals surface area (Å²) in [5.41, 5.74) is 0.857. The minimum Gasteiger partial charge on any atom is -0.248 e. The molecule has 0 aliphatic heterocycles. The molecule has 8 heteroatoms. The molecule has 1 aromatic heterocycles. The molecule has 2 rings (SSSR count). The third-order valence-electron chi connectivity index (χ3n) is 2.10. The van der Waals surface area contributed by atoms with Gasteiger partial charge in [0.2, 0.25) is 0 Å². The van der Waals surface area contributed by atoms with E-state index in [1.54, 1.807) is 13.0 Å². The van der Waals surface area contributed by atoms with Crippen molar-refractivity contribution in [1.29, 1.82) is 0 Å². The van der Waals surface area contributed by atoms with E-state index >= 15 is 0 Å². The van der Waals surface area contributed by atoms with Crippen molar-refractivity contribution in [2.75, 3.05) is 0 Å². The van der Waals surface area contributed by atoms with Crippen LogP contribution in [0, 0.1) is 12.7 Å². The average Bonchev–Trinajstić information content (AvgIpc) is 2.65. The number of nitrogens with two attached hydrogens (primary N) is 1. The molecule has 0 radical (unpaired) electrons. The second-order valence-electron chi connectivity index (χ2n) is 3.49. The van der Waals surface area contributed by atoms with Gasteiger partial charge in [-0.15, -0.1) is 0 Å². The smallest absolute Gasteiger partial charge is 0.248 e. The van der Waals surface area contributed by atoms with Gasteiger partial charge in [0.15, 0.2) is 5.82 Å². The first kappa shape index (κ1) is 11.7. The standard InChI is InChI=1S/C9H9FN4O2S/c1-5-2-3-6(7(10)4-5)8-12-9(14-13-8)17(11,15)16/h2-4H,1H3,(H2,11,15,16)(H,12,13,14). The van der Waals surface area contributed by atoms with Crippen molar-refractivity contribution in [3.63, 3.8) is 0 Å². The number of hydrogen-bond donors (Lipinski definition) is 2. The largest absolute Gasteiger partial charge is 0.273 e. The van der Waals surface area contributed by atoms with Crippen LogP contribution in [0.3, 0.4) is 0 Å². The fourth-order valence-electron chi connectivity index (χ4n) is 1.30. The Morgan fingerprint density at radius 3 is 2.65 bits per heavy atom. The Morgan fingerprint density at radius 2 is 2.12 bits per heavy atom. The van der Waals surface area contributed by atoms with Crippen molar-refractivity contribution in [2.45, 2.75) is 12.1 Å². The summed E-state index contributed by atoms with van der Waals surface area (Å²) in [5.74, 6) is -0.573. The van der Waals surface area contributed by atoms with Gasteiger partial charge in [-0.3, -0.25) is 0 Å². The summed E-state index contributed by atoms with van der Waals surface area (Å²) in [6.45, 7) is 1.74. The second kappa shape index (κ2) is 3.90. The van der Waals surface area contributed by atoms with Crippen LogP contribution in [0.2, 0.25) is 0 Å². The van der Waals surface area contributed by atoms with Crippen LogP contribution in [0.1, 0.15) is 5.56 Å². The zero-order valence-corrected chi connectivity index (χ0v) is 9.62. The quantitative estimate of drug-likeness (QED) is 0.819. The molecule has 0 atom stereocenters. The summed E-state index contributed by atoms with van der Waals surface area (Å²) in [4.78, 5) is 3.62. The third kappa shape index (κ3) is 2.32. The van der Waals surface area contributed by atoms with Crippen molar-refractivity contribution >= 4 is 10.0 Å². The summed E-state index contributed by atoms with van der Waals surface area (Å²) < 4.78 is 35.5. The van der Waals surface area contributed by atoms with Gasteiger partial charge in [0.1, 0.15) is 5.82 Å². The molecule has 6 nitrogen and oxygen atoms in total. The average molecular weight is 256 g/mol. The van der Waals surface area contributed by atoms with Crippen molar-refractivity contribution in [3.05, 3.63) is 29.6 Å². The lowest BCUT2D eigenvalue weighted by molar-refractivity contribution is 0.589. The Balaban J connectivity index is 2.51. The Bertz CT molecular complexity index is 665. The fraction of sp³-hybridized carbons (Fsp3) is 0.111. The number of rotatable bonds is 2. The highest BCUT2D eigenvalue weighted by atomic mass is 32.2. The maximum absolute atomic E-state index is 13.6. The molecule has 0 unspecified atom stereocenters. The first-order chi connectivity index (χ1) is 7.88. The number of benzene rings is 1. The van der Waals surface area contributed by atoms with Crippen LogP contribution in [0.15, 0.2) is 23.4 Å². The molecule has 2 aromatic rings. The number of sulfonamides is 1. The molecule has 0 saturated heterocycles. The predicted molar refractivity (Wildman–Crippen MR) is 57.9 cm³/mol. The number of aromatic nitrogens is 3. The molecule has 0 bridgehead atoms. The van der Waals surface area contributed by atoms with Gasteiger partial charge in [0.25, 0.3) is 15.2 Å². The molecule has 0 amide bonds. The van der Waals surface area contributed by atoms with Gasteiger partial charge in [0.05, 0.1) is 5.56 Å². The van der Waals surface area contributed by atoms with Crippen LogP contribution in [0.5, 0.6) is 0 Å². The number of nitrogens with one attached hydrogen (secondary N) is 1. The van der Waals surface area contributed by atoms with E-state index in [1.165, 1.54) is 12.1 Å². The number of primary sulfonamides is 1. The van der Waals surface area contributed by atoms with Crippen LogP contribution >= 0.6 is 0 Å². The highest BCUT2D eigenvalue weighted by Crippen LogP contribution is 2.20. The van der Waals surface area contributed by atoms with Gasteiger partial charge in [-0.05, 0) is 24.6 Å². The van der Waals surface area contributed by atoms with Crippen molar-refractivity contribution < 1.29 is 12.8 Å². The van der Waals surface area contributed by atoms with Crippen molar-refractivity contribution in [3.8, 4) is 11.4 Å². The molecule has 0 aliphatic carbocycles. The lowest BCUT2D eigenvalue weighted by Gasteiger charge is -1.98. The van der Waals surface area contributed by atoms with E-state index in [2.05, 4.69) is 15.2 Å². The molecule has 3 N–H and O–H groups in total. The Morgan fingerprint density at radius 1 is 1.41 bits per heavy atom. The molecular weight excluding hydrogens is 247 g/mol. The Hall–Kier alpha value is -1.80. The minimum absolute atomic E-state index is 0.0495. The number of aryl methyl sites for hydroxylation is 1. The van der Waals surface area contributed by atoms with Gasteiger partial charge < -0.3 is 0 Å². The van der Waals surface area contributed by atoms with E-state index in [0.717, 1.165) is 5.56 Å². The monoisotopic (exact) mass is 256 g/mol.